The third-order valence-electron chi connectivity index (χ3n) is 8.09. The summed E-state index contributed by atoms with van der Waals surface area (Å²) in [6, 6.07) is 17.7. The number of pyridine rings is 1. The number of carbonyl (C=O) groups is 3. The Labute approximate surface area is 302 Å². The molecule has 5 aromatic rings. The third-order valence-corrected chi connectivity index (χ3v) is 10.2. The smallest absolute Gasteiger partial charge is 0.296 e. The Hall–Kier alpha value is -4.93. The highest BCUT2D eigenvalue weighted by Gasteiger charge is 2.34. The number of nitrogens with one attached hydrogen (secondary N) is 2. The molecule has 0 spiro atoms. The minimum absolute atomic E-state index is 0.0224. The Kier molecular flexibility index (Phi) is 10.6. The average molecular weight is 768 g/mol. The SMILES string of the molecule is CCC(=O)Nc1cc(Nc2ccc3c4c2C(=O)c2ccccc2-c4c(C(=O)c2cccc(SOOO)c2)c(=O)n3C)c(SOOO)cc1S(=O)(=O)O. The minimum atomic E-state index is -4.92. The molecule has 1 aliphatic carbocycles. The third kappa shape index (κ3) is 6.85. The number of hydrogen-bond acceptors (Lipinski definition) is 15. The van der Waals surface area contributed by atoms with Crippen LogP contribution in [0.1, 0.15) is 45.2 Å². The lowest BCUT2D eigenvalue weighted by Gasteiger charge is -2.26. The molecule has 4 aromatic carbocycles. The monoisotopic (exact) mass is 767 g/mol. The number of fused-ring (bicyclic) bond motifs is 2. The fraction of sp³-hybridized carbons (Fsp3) is 0.0909. The van der Waals surface area contributed by atoms with E-state index in [0.717, 1.165) is 6.07 Å². The number of amides is 1. The average Bonchev–Trinajstić information content (AvgIpc) is 3.13. The molecule has 0 aliphatic heterocycles. The number of aromatic nitrogens is 1. The van der Waals surface area contributed by atoms with E-state index in [4.69, 9.17) is 10.5 Å². The predicted molar refractivity (Wildman–Crippen MR) is 188 cm³/mol. The fourth-order valence-electron chi connectivity index (χ4n) is 5.85. The van der Waals surface area contributed by atoms with Crippen LogP contribution >= 0.6 is 24.1 Å². The number of hydrogen-bond donors (Lipinski definition) is 5. The molecule has 6 rings (SSSR count). The molecule has 0 radical (unpaired) electrons. The van der Waals surface area contributed by atoms with Crippen molar-refractivity contribution in [3.63, 3.8) is 0 Å². The van der Waals surface area contributed by atoms with Crippen LogP contribution in [0.3, 0.4) is 0 Å². The Morgan fingerprint density at radius 1 is 0.846 bits per heavy atom. The molecule has 0 bridgehead atoms. The van der Waals surface area contributed by atoms with Crippen molar-refractivity contribution in [1.29, 1.82) is 0 Å². The molecular formula is C33H25N3O13S3. The van der Waals surface area contributed by atoms with E-state index in [1.165, 1.54) is 42.8 Å². The molecule has 5 N–H and O–H groups in total. The van der Waals surface area contributed by atoms with Crippen molar-refractivity contribution in [3.8, 4) is 11.1 Å². The molecule has 16 nitrogen and oxygen atoms in total. The second kappa shape index (κ2) is 15.0. The molecule has 0 saturated heterocycles. The van der Waals surface area contributed by atoms with Crippen LogP contribution in [-0.4, -0.2) is 45.5 Å². The standard InChI is InChI=1S/C33H25N3O13S3/c1-3-26(37)35-22-14-21(24(51-49-47-42)15-25(22)52(43,44)45)34-20-11-12-23-29-27(18-9-4-5-10-19(18)32(39)28(20)29)30(33(40)36(23)2)31(38)16-7-6-8-17(13-16)50-48-46-41/h4-15,34,41-42H,3H2,1-2H3,(H,35,37)(H,43,44,45). The van der Waals surface area contributed by atoms with Gasteiger partial charge in [0.05, 0.1) is 62.7 Å². The molecule has 0 unspecified atom stereocenters. The largest absolute Gasteiger partial charge is 0.354 e. The lowest BCUT2D eigenvalue weighted by molar-refractivity contribution is -0.432. The van der Waals surface area contributed by atoms with Crippen LogP contribution in [0.15, 0.2) is 92.3 Å². The number of rotatable bonds is 13. The molecule has 19 heteroatoms. The first kappa shape index (κ1) is 36.8. The normalized spacial score (nSPS) is 12.1. The van der Waals surface area contributed by atoms with Crippen LogP contribution in [0, 0.1) is 0 Å². The quantitative estimate of drug-likeness (QED) is 0.0291. The number of aryl methyl sites for hydroxylation is 1. The first-order chi connectivity index (χ1) is 24.9. The summed E-state index contributed by atoms with van der Waals surface area (Å²) in [5.41, 5.74) is 0.0981. The van der Waals surface area contributed by atoms with Crippen molar-refractivity contribution >= 4 is 79.6 Å². The molecule has 0 saturated carbocycles. The van der Waals surface area contributed by atoms with Crippen LogP contribution in [0.5, 0.6) is 0 Å². The van der Waals surface area contributed by atoms with Crippen molar-refractivity contribution in [2.45, 2.75) is 28.0 Å². The molecule has 0 atom stereocenters. The van der Waals surface area contributed by atoms with Gasteiger partial charge in [0.1, 0.15) is 4.90 Å². The summed E-state index contributed by atoms with van der Waals surface area (Å²) in [7, 11) is -3.46. The number of benzene rings is 4. The molecule has 1 heterocycles. The van der Waals surface area contributed by atoms with Crippen molar-refractivity contribution in [3.05, 3.63) is 105 Å². The summed E-state index contributed by atoms with van der Waals surface area (Å²) in [4.78, 5) is 54.6. The van der Waals surface area contributed by atoms with Gasteiger partial charge >= 0.3 is 0 Å². The highest BCUT2D eigenvalue weighted by Crippen LogP contribution is 2.45. The highest BCUT2D eigenvalue weighted by molar-refractivity contribution is 7.95. The van der Waals surface area contributed by atoms with Crippen LogP contribution in [0.2, 0.25) is 0 Å². The zero-order chi connectivity index (χ0) is 37.3. The van der Waals surface area contributed by atoms with Gasteiger partial charge in [-0.05, 0) is 42.0 Å². The van der Waals surface area contributed by atoms with Gasteiger partial charge in [0, 0.05) is 40.4 Å². The van der Waals surface area contributed by atoms with Gasteiger partial charge in [0.15, 0.2) is 11.6 Å². The molecular weight excluding hydrogens is 743 g/mol. The molecule has 268 valence electrons. The molecule has 1 aromatic heterocycles. The Morgan fingerprint density at radius 2 is 1.56 bits per heavy atom. The van der Waals surface area contributed by atoms with Gasteiger partial charge in [-0.2, -0.15) is 8.42 Å². The lowest BCUT2D eigenvalue weighted by atomic mass is 9.80. The van der Waals surface area contributed by atoms with Gasteiger partial charge in [-0.3, -0.25) is 23.7 Å². The van der Waals surface area contributed by atoms with Gasteiger partial charge in [-0.15, -0.1) is 8.67 Å². The topological polar surface area (TPSA) is 229 Å². The fourth-order valence-corrected chi connectivity index (χ4v) is 7.47. The van der Waals surface area contributed by atoms with Crippen LogP contribution in [0.25, 0.3) is 22.0 Å². The number of anilines is 3. The van der Waals surface area contributed by atoms with Crippen molar-refractivity contribution in [2.24, 2.45) is 7.05 Å². The summed E-state index contributed by atoms with van der Waals surface area (Å²) in [5, 5.41) is 30.5. The summed E-state index contributed by atoms with van der Waals surface area (Å²) in [6.45, 7) is 1.53. The Morgan fingerprint density at radius 3 is 2.25 bits per heavy atom. The van der Waals surface area contributed by atoms with Crippen LogP contribution in [0.4, 0.5) is 17.1 Å². The van der Waals surface area contributed by atoms with E-state index < -0.39 is 38.0 Å². The number of carbonyl (C=O) groups excluding carboxylic acids is 3. The molecule has 1 aliphatic rings. The summed E-state index contributed by atoms with van der Waals surface area (Å²) in [5.74, 6) is -1.73. The van der Waals surface area contributed by atoms with E-state index in [1.807, 2.05) is 0 Å². The van der Waals surface area contributed by atoms with Gasteiger partial charge in [0.2, 0.25) is 5.91 Å². The summed E-state index contributed by atoms with van der Waals surface area (Å²) < 4.78 is 44.9. The molecule has 0 fully saturated rings. The first-order valence-electron chi connectivity index (χ1n) is 14.9. The van der Waals surface area contributed by atoms with Gasteiger partial charge in [0.25, 0.3) is 15.7 Å². The Bertz CT molecular complexity index is 2470. The first-order valence-corrected chi connectivity index (χ1v) is 17.8. The van der Waals surface area contributed by atoms with Crippen molar-refractivity contribution in [1.82, 2.24) is 4.57 Å². The van der Waals surface area contributed by atoms with Gasteiger partial charge < -0.3 is 15.2 Å². The zero-order valence-corrected chi connectivity index (χ0v) is 29.2. The van der Waals surface area contributed by atoms with Gasteiger partial charge in [-0.1, -0.05) is 53.4 Å². The van der Waals surface area contributed by atoms with Gasteiger partial charge in [-0.25, -0.2) is 10.5 Å². The van der Waals surface area contributed by atoms with Crippen LogP contribution in [-0.2, 0) is 40.7 Å². The maximum atomic E-state index is 14.4. The maximum absolute atomic E-state index is 14.4. The minimum Gasteiger partial charge on any atom is -0.354 e. The van der Waals surface area contributed by atoms with Crippen molar-refractivity contribution < 1.29 is 56.6 Å². The van der Waals surface area contributed by atoms with E-state index in [1.54, 1.807) is 42.5 Å². The predicted octanol–water partition coefficient (Wildman–Crippen LogP) is 6.18. The zero-order valence-electron chi connectivity index (χ0n) is 26.7. The second-order valence-electron chi connectivity index (χ2n) is 11.0. The summed E-state index contributed by atoms with van der Waals surface area (Å²) in [6.07, 6.45) is -0.0368. The number of nitrogens with zero attached hydrogens (tertiary/aromatic N) is 1. The Balaban J connectivity index is 1.62. The molecule has 1 amide bonds. The van der Waals surface area contributed by atoms with E-state index in [0.29, 0.717) is 40.1 Å². The lowest BCUT2D eigenvalue weighted by Crippen LogP contribution is -2.29. The second-order valence-corrected chi connectivity index (χ2v) is 13.9. The van der Waals surface area contributed by atoms with E-state index >= 15 is 0 Å². The van der Waals surface area contributed by atoms with E-state index in [9.17, 15) is 32.1 Å². The number of ketones is 2. The summed E-state index contributed by atoms with van der Waals surface area (Å²) >= 11 is 0.960. The van der Waals surface area contributed by atoms with Crippen molar-refractivity contribution in [2.75, 3.05) is 10.6 Å². The molecule has 52 heavy (non-hydrogen) atoms. The highest BCUT2D eigenvalue weighted by atomic mass is 32.2. The van der Waals surface area contributed by atoms with Crippen LogP contribution < -0.4 is 16.2 Å². The van der Waals surface area contributed by atoms with E-state index in [-0.39, 0.29) is 61.6 Å². The van der Waals surface area contributed by atoms with E-state index in [2.05, 4.69) is 29.4 Å². The maximum Gasteiger partial charge on any atom is 0.296 e.